The average molecular weight is 304 g/mol. The van der Waals surface area contributed by atoms with Crippen molar-refractivity contribution in [2.75, 3.05) is 0 Å². The van der Waals surface area contributed by atoms with Crippen LogP contribution in [0, 0.1) is 0 Å². The molecule has 5 heteroatoms. The number of rotatable bonds is 6. The van der Waals surface area contributed by atoms with E-state index in [1.54, 1.807) is 54.6 Å². The summed E-state index contributed by atoms with van der Waals surface area (Å²) in [4.78, 5) is 40.9. The molecular weight excluding hydrogens is 292 g/mol. The predicted octanol–water partition coefficient (Wildman–Crippen LogP) is 2.93. The minimum Gasteiger partial charge on any atom is -0.289 e. The van der Waals surface area contributed by atoms with Crippen LogP contribution in [-0.4, -0.2) is 17.9 Å². The molecule has 0 atom stereocenters. The number of carbonyl (C=O) groups excluding carboxylic acids is 3. The Morgan fingerprint density at radius 1 is 0.913 bits per heavy atom. The maximum Gasteiger partial charge on any atom is 0.238 e. The Balaban J connectivity index is 2.67. The van der Waals surface area contributed by atoms with Gasteiger partial charge in [0.05, 0.1) is 0 Å². The summed E-state index contributed by atoms with van der Waals surface area (Å²) >= 11 is 0. The summed E-state index contributed by atoms with van der Waals surface area (Å²) in [6.07, 6.45) is 4.12. The number of aliphatic imine (C=N–C) groups is 2. The molecule has 0 heterocycles. The maximum atomic E-state index is 11.6. The molecule has 0 fully saturated rings. The zero-order valence-corrected chi connectivity index (χ0v) is 12.1. The zero-order chi connectivity index (χ0) is 16.7. The topological polar surface area (TPSA) is 75.9 Å². The lowest BCUT2D eigenvalue weighted by molar-refractivity contribution is 0.104. The number of nitrogens with zero attached hydrogens (tertiary/aromatic N) is 2. The number of benzene rings is 2. The summed E-state index contributed by atoms with van der Waals surface area (Å²) in [5, 5.41) is 0. The van der Waals surface area contributed by atoms with Crippen LogP contribution < -0.4 is 0 Å². The number of ketones is 1. The minimum atomic E-state index is -1.57. The first kappa shape index (κ1) is 16.0. The van der Waals surface area contributed by atoms with Gasteiger partial charge in [-0.05, 0) is 6.08 Å². The van der Waals surface area contributed by atoms with Gasteiger partial charge >= 0.3 is 0 Å². The van der Waals surface area contributed by atoms with Gasteiger partial charge in [-0.3, -0.25) is 4.79 Å². The van der Waals surface area contributed by atoms with Crippen molar-refractivity contribution < 1.29 is 14.4 Å². The second-order valence-corrected chi connectivity index (χ2v) is 4.59. The van der Waals surface area contributed by atoms with Gasteiger partial charge in [0.25, 0.3) is 0 Å². The first-order chi connectivity index (χ1) is 11.2. The monoisotopic (exact) mass is 304 g/mol. The quantitative estimate of drug-likeness (QED) is 0.356. The SMILES string of the molecule is C=CC(=O)c1ccc(C(N=C=O)(N=C=O)c2ccccc2)cc1. The highest BCUT2D eigenvalue weighted by Crippen LogP contribution is 2.35. The van der Waals surface area contributed by atoms with Gasteiger partial charge in [-0.25, -0.2) is 9.59 Å². The Kier molecular flexibility index (Phi) is 4.90. The molecule has 112 valence electrons. The molecule has 0 saturated carbocycles. The highest BCUT2D eigenvalue weighted by Gasteiger charge is 2.34. The van der Waals surface area contributed by atoms with Crippen LogP contribution in [0.5, 0.6) is 0 Å². The lowest BCUT2D eigenvalue weighted by Crippen LogP contribution is -2.22. The van der Waals surface area contributed by atoms with Crippen molar-refractivity contribution in [3.8, 4) is 0 Å². The molecule has 0 aliphatic rings. The second-order valence-electron chi connectivity index (χ2n) is 4.59. The Labute approximate surface area is 132 Å². The molecule has 0 aromatic heterocycles. The third-order valence-electron chi connectivity index (χ3n) is 3.35. The van der Waals surface area contributed by atoms with Crippen molar-refractivity contribution in [1.29, 1.82) is 0 Å². The van der Waals surface area contributed by atoms with Gasteiger partial charge in [0.2, 0.25) is 17.8 Å². The number of allylic oxidation sites excluding steroid dienone is 1. The fourth-order valence-corrected chi connectivity index (χ4v) is 2.24. The Hall–Kier alpha value is -3.39. The van der Waals surface area contributed by atoms with Gasteiger partial charge in [0.15, 0.2) is 5.78 Å². The zero-order valence-electron chi connectivity index (χ0n) is 12.1. The molecule has 5 nitrogen and oxygen atoms in total. The largest absolute Gasteiger partial charge is 0.289 e. The Morgan fingerprint density at radius 3 is 1.91 bits per heavy atom. The van der Waals surface area contributed by atoms with Crippen LogP contribution in [-0.2, 0) is 15.3 Å². The summed E-state index contributed by atoms with van der Waals surface area (Å²) in [7, 11) is 0. The molecule has 0 aliphatic heterocycles. The van der Waals surface area contributed by atoms with E-state index in [9.17, 15) is 14.4 Å². The molecule has 0 bridgehead atoms. The summed E-state index contributed by atoms with van der Waals surface area (Å²) < 4.78 is 0. The molecule has 0 spiro atoms. The van der Waals surface area contributed by atoms with Gasteiger partial charge in [-0.1, -0.05) is 61.2 Å². The van der Waals surface area contributed by atoms with Crippen LogP contribution in [0.25, 0.3) is 0 Å². The number of carbonyl (C=O) groups is 1. The lowest BCUT2D eigenvalue weighted by atomic mass is 9.91. The summed E-state index contributed by atoms with van der Waals surface area (Å²) in [6, 6.07) is 14.9. The highest BCUT2D eigenvalue weighted by atomic mass is 16.1. The molecule has 0 saturated heterocycles. The second kappa shape index (κ2) is 7.05. The Morgan fingerprint density at radius 2 is 1.43 bits per heavy atom. The van der Waals surface area contributed by atoms with Gasteiger partial charge in [0.1, 0.15) is 0 Å². The van der Waals surface area contributed by atoms with E-state index in [-0.39, 0.29) is 5.78 Å². The van der Waals surface area contributed by atoms with E-state index in [0.717, 1.165) is 0 Å². The van der Waals surface area contributed by atoms with Crippen LogP contribution in [0.2, 0.25) is 0 Å². The van der Waals surface area contributed by atoms with E-state index in [0.29, 0.717) is 16.7 Å². The molecule has 0 amide bonds. The number of isocyanates is 2. The summed E-state index contributed by atoms with van der Waals surface area (Å²) in [5.74, 6) is -0.236. The molecule has 2 aromatic rings. The highest BCUT2D eigenvalue weighted by molar-refractivity contribution is 6.04. The maximum absolute atomic E-state index is 11.6. The van der Waals surface area contributed by atoms with Crippen LogP contribution in [0.3, 0.4) is 0 Å². The standard InChI is InChI=1S/C18H12N2O3/c1-2-17(23)14-8-10-16(11-9-14)18(19-12-21,20-13-22)15-6-4-3-5-7-15/h2-11H,1H2. The first-order valence-electron chi connectivity index (χ1n) is 6.69. The van der Waals surface area contributed by atoms with Gasteiger partial charge in [0, 0.05) is 16.7 Å². The molecule has 0 aliphatic carbocycles. The van der Waals surface area contributed by atoms with Crippen LogP contribution >= 0.6 is 0 Å². The van der Waals surface area contributed by atoms with Gasteiger partial charge in [-0.2, -0.15) is 9.98 Å². The van der Waals surface area contributed by atoms with Crippen LogP contribution in [0.15, 0.2) is 77.2 Å². The first-order valence-corrected chi connectivity index (χ1v) is 6.69. The van der Waals surface area contributed by atoms with E-state index >= 15 is 0 Å². The van der Waals surface area contributed by atoms with E-state index in [2.05, 4.69) is 16.6 Å². The van der Waals surface area contributed by atoms with Crippen molar-refractivity contribution in [3.05, 3.63) is 83.9 Å². The average Bonchev–Trinajstić information content (AvgIpc) is 2.61. The molecule has 2 aromatic carbocycles. The van der Waals surface area contributed by atoms with Gasteiger partial charge in [-0.15, -0.1) is 0 Å². The van der Waals surface area contributed by atoms with Gasteiger partial charge < -0.3 is 0 Å². The van der Waals surface area contributed by atoms with E-state index in [1.165, 1.54) is 18.2 Å². The van der Waals surface area contributed by atoms with E-state index in [1.807, 2.05) is 0 Å². The fraction of sp³-hybridized carbons (Fsp3) is 0.0556. The smallest absolute Gasteiger partial charge is 0.238 e. The van der Waals surface area contributed by atoms with Crippen LogP contribution in [0.1, 0.15) is 21.5 Å². The predicted molar refractivity (Wildman–Crippen MR) is 84.4 cm³/mol. The molecule has 23 heavy (non-hydrogen) atoms. The summed E-state index contributed by atoms with van der Waals surface area (Å²) in [5.41, 5.74) is -0.193. The Bertz CT molecular complexity index is 795. The molecule has 0 unspecified atom stereocenters. The lowest BCUT2D eigenvalue weighted by Gasteiger charge is -2.23. The van der Waals surface area contributed by atoms with Crippen molar-refractivity contribution >= 4 is 17.9 Å². The summed E-state index contributed by atoms with van der Waals surface area (Å²) in [6.45, 7) is 3.43. The third kappa shape index (κ3) is 3.11. The number of hydrogen-bond donors (Lipinski definition) is 0. The molecule has 0 radical (unpaired) electrons. The normalized spacial score (nSPS) is 12.2. The molecule has 2 rings (SSSR count). The molecule has 0 N–H and O–H groups in total. The van der Waals surface area contributed by atoms with Crippen molar-refractivity contribution in [1.82, 2.24) is 0 Å². The molecular formula is C18H12N2O3. The van der Waals surface area contributed by atoms with E-state index < -0.39 is 5.66 Å². The number of hydrogen-bond acceptors (Lipinski definition) is 5. The van der Waals surface area contributed by atoms with E-state index in [4.69, 9.17) is 0 Å². The minimum absolute atomic E-state index is 0.236. The van der Waals surface area contributed by atoms with Crippen LogP contribution in [0.4, 0.5) is 0 Å². The van der Waals surface area contributed by atoms with Crippen molar-refractivity contribution in [3.63, 3.8) is 0 Å². The fourth-order valence-electron chi connectivity index (χ4n) is 2.24. The van der Waals surface area contributed by atoms with Crippen molar-refractivity contribution in [2.24, 2.45) is 9.98 Å². The third-order valence-corrected chi connectivity index (χ3v) is 3.35. The van der Waals surface area contributed by atoms with Crippen molar-refractivity contribution in [2.45, 2.75) is 5.66 Å².